The Morgan fingerprint density at radius 3 is 2.52 bits per heavy atom. The molecule has 166 valence electrons. The van der Waals surface area contributed by atoms with E-state index < -0.39 is 11.9 Å². The fraction of sp³-hybridized carbons (Fsp3) is 0.417. The van der Waals surface area contributed by atoms with E-state index in [4.69, 9.17) is 10.5 Å². The monoisotopic (exact) mass is 425 g/mol. The minimum atomic E-state index is -0.459. The Morgan fingerprint density at radius 1 is 1.19 bits per heavy atom. The van der Waals surface area contributed by atoms with Crippen LogP contribution in [0.1, 0.15) is 45.7 Å². The van der Waals surface area contributed by atoms with Gasteiger partial charge in [-0.3, -0.25) is 9.59 Å². The number of nitrogens with two attached hydrogens (primary N) is 1. The Labute approximate surface area is 183 Å². The van der Waals surface area contributed by atoms with Crippen molar-refractivity contribution in [3.05, 3.63) is 70.8 Å². The van der Waals surface area contributed by atoms with Crippen molar-refractivity contribution in [2.45, 2.75) is 43.9 Å². The highest BCUT2D eigenvalue weighted by atomic mass is 16.5. The van der Waals surface area contributed by atoms with E-state index in [1.807, 2.05) is 18.2 Å². The highest BCUT2D eigenvalue weighted by Crippen LogP contribution is 2.38. The average Bonchev–Trinajstić information content (AvgIpc) is 2.77. The van der Waals surface area contributed by atoms with Crippen LogP contribution in [-0.2, 0) is 16.6 Å². The van der Waals surface area contributed by atoms with Crippen molar-refractivity contribution in [3.8, 4) is 0 Å². The van der Waals surface area contributed by atoms with Crippen molar-refractivity contribution >= 4 is 11.8 Å². The van der Waals surface area contributed by atoms with Crippen molar-refractivity contribution in [2.24, 2.45) is 5.73 Å². The summed E-state index contributed by atoms with van der Waals surface area (Å²) in [5.41, 5.74) is 8.30. The molecule has 5 N–H and O–H groups in total. The van der Waals surface area contributed by atoms with E-state index in [0.717, 1.165) is 11.1 Å². The van der Waals surface area contributed by atoms with Gasteiger partial charge in [-0.15, -0.1) is 0 Å². The SMILES string of the molecule is COC1Cc2ccc(C(N)=O)cc2C(C)(C)C1NC[C@H](CO)NC(=O)c1ccccc1. The lowest BCUT2D eigenvalue weighted by atomic mass is 9.67. The molecular weight excluding hydrogens is 394 g/mol. The van der Waals surface area contributed by atoms with Gasteiger partial charge in [-0.1, -0.05) is 38.1 Å². The van der Waals surface area contributed by atoms with Crippen molar-refractivity contribution in [1.29, 1.82) is 0 Å². The molecule has 7 heteroatoms. The van der Waals surface area contributed by atoms with Crippen LogP contribution in [0.4, 0.5) is 0 Å². The summed E-state index contributed by atoms with van der Waals surface area (Å²) in [5.74, 6) is -0.690. The molecule has 7 nitrogen and oxygen atoms in total. The second-order valence-electron chi connectivity index (χ2n) is 8.54. The van der Waals surface area contributed by atoms with E-state index in [-0.39, 0.29) is 30.1 Å². The van der Waals surface area contributed by atoms with Crippen LogP contribution in [0.15, 0.2) is 48.5 Å². The molecule has 0 fully saturated rings. The predicted octanol–water partition coefficient (Wildman–Crippen LogP) is 1.38. The molecule has 2 unspecified atom stereocenters. The summed E-state index contributed by atoms with van der Waals surface area (Å²) in [4.78, 5) is 24.1. The fourth-order valence-corrected chi connectivity index (χ4v) is 4.37. The molecule has 0 spiro atoms. The minimum absolute atomic E-state index is 0.101. The van der Waals surface area contributed by atoms with Crippen LogP contribution in [0.25, 0.3) is 0 Å². The largest absolute Gasteiger partial charge is 0.394 e. The Hall–Kier alpha value is -2.74. The molecular formula is C24H31N3O4. The molecule has 2 aromatic rings. The summed E-state index contributed by atoms with van der Waals surface area (Å²) in [6, 6.07) is 13.9. The molecule has 2 amide bonds. The lowest BCUT2D eigenvalue weighted by molar-refractivity contribution is 0.0338. The van der Waals surface area contributed by atoms with Gasteiger partial charge in [0, 0.05) is 42.7 Å². The maximum absolute atomic E-state index is 12.5. The first-order valence-corrected chi connectivity index (χ1v) is 10.4. The summed E-state index contributed by atoms with van der Waals surface area (Å²) in [6.07, 6.45) is 0.581. The molecule has 0 aromatic heterocycles. The number of rotatable bonds is 8. The van der Waals surface area contributed by atoms with Crippen molar-refractivity contribution < 1.29 is 19.4 Å². The first-order chi connectivity index (χ1) is 14.8. The number of benzene rings is 2. The maximum Gasteiger partial charge on any atom is 0.251 e. The number of aliphatic hydroxyl groups excluding tert-OH is 1. The van der Waals surface area contributed by atoms with Crippen molar-refractivity contribution in [3.63, 3.8) is 0 Å². The van der Waals surface area contributed by atoms with Crippen LogP contribution in [0.3, 0.4) is 0 Å². The molecule has 0 radical (unpaired) electrons. The lowest BCUT2D eigenvalue weighted by Crippen LogP contribution is -2.59. The molecule has 3 rings (SSSR count). The van der Waals surface area contributed by atoms with Crippen LogP contribution < -0.4 is 16.4 Å². The number of hydrogen-bond donors (Lipinski definition) is 4. The Morgan fingerprint density at radius 2 is 1.90 bits per heavy atom. The number of hydrogen-bond acceptors (Lipinski definition) is 5. The molecule has 0 saturated carbocycles. The number of carbonyl (C=O) groups is 2. The minimum Gasteiger partial charge on any atom is -0.394 e. The van der Waals surface area contributed by atoms with E-state index >= 15 is 0 Å². The normalized spacial score (nSPS) is 20.5. The number of methoxy groups -OCH3 is 1. The number of amides is 2. The quantitative estimate of drug-likeness (QED) is 0.510. The number of primary amides is 1. The molecule has 2 aromatic carbocycles. The Bertz CT molecular complexity index is 930. The van der Waals surface area contributed by atoms with E-state index in [2.05, 4.69) is 24.5 Å². The second-order valence-corrected chi connectivity index (χ2v) is 8.54. The second kappa shape index (κ2) is 9.60. The summed E-state index contributed by atoms with van der Waals surface area (Å²) in [7, 11) is 1.68. The van der Waals surface area contributed by atoms with Crippen molar-refractivity contribution in [2.75, 3.05) is 20.3 Å². The number of ether oxygens (including phenoxy) is 1. The van der Waals surface area contributed by atoms with Gasteiger partial charge >= 0.3 is 0 Å². The molecule has 31 heavy (non-hydrogen) atoms. The number of aliphatic hydroxyl groups is 1. The third-order valence-electron chi connectivity index (χ3n) is 6.14. The average molecular weight is 426 g/mol. The molecule has 3 atom stereocenters. The zero-order valence-corrected chi connectivity index (χ0v) is 18.2. The van der Waals surface area contributed by atoms with Crippen molar-refractivity contribution in [1.82, 2.24) is 10.6 Å². The van der Waals surface area contributed by atoms with Gasteiger partial charge in [0.25, 0.3) is 5.91 Å². The van der Waals surface area contributed by atoms with E-state index in [1.54, 1.807) is 37.4 Å². The summed E-state index contributed by atoms with van der Waals surface area (Å²) >= 11 is 0. The summed E-state index contributed by atoms with van der Waals surface area (Å²) in [6.45, 7) is 4.36. The molecule has 0 bridgehead atoms. The predicted molar refractivity (Wildman–Crippen MR) is 119 cm³/mol. The zero-order chi connectivity index (χ0) is 22.6. The van der Waals surface area contributed by atoms with Gasteiger partial charge in [0.1, 0.15) is 0 Å². The standard InChI is InChI=1S/C24H31N3O4/c1-24(2)19-11-17(22(25)29)10-9-16(19)12-20(31-3)21(24)26-13-18(14-28)27-23(30)15-7-5-4-6-8-15/h4-11,18,20-21,26,28H,12-14H2,1-3H3,(H2,25,29)(H,27,30)/t18-,20?,21?/m1/s1. The van der Waals surface area contributed by atoms with Gasteiger partial charge in [0.05, 0.1) is 18.8 Å². The summed E-state index contributed by atoms with van der Waals surface area (Å²) < 4.78 is 5.79. The highest BCUT2D eigenvalue weighted by molar-refractivity contribution is 5.94. The van der Waals surface area contributed by atoms with E-state index in [9.17, 15) is 14.7 Å². The topological polar surface area (TPSA) is 114 Å². The lowest BCUT2D eigenvalue weighted by Gasteiger charge is -2.45. The Kier molecular flexibility index (Phi) is 7.10. The van der Waals surface area contributed by atoms with Crippen LogP contribution in [-0.4, -0.2) is 55.4 Å². The fourth-order valence-electron chi connectivity index (χ4n) is 4.37. The third-order valence-corrected chi connectivity index (χ3v) is 6.14. The molecule has 1 aliphatic rings. The molecule has 0 aliphatic heterocycles. The highest BCUT2D eigenvalue weighted by Gasteiger charge is 2.43. The maximum atomic E-state index is 12.5. The first kappa shape index (κ1) is 22.9. The summed E-state index contributed by atoms with van der Waals surface area (Å²) in [5, 5.41) is 16.2. The van der Waals surface area contributed by atoms with Gasteiger partial charge in [0.2, 0.25) is 5.91 Å². The van der Waals surface area contributed by atoms with Crippen LogP contribution in [0.2, 0.25) is 0 Å². The van der Waals surface area contributed by atoms with Crippen LogP contribution >= 0.6 is 0 Å². The van der Waals surface area contributed by atoms with Crippen LogP contribution in [0.5, 0.6) is 0 Å². The zero-order valence-electron chi connectivity index (χ0n) is 18.2. The smallest absolute Gasteiger partial charge is 0.251 e. The van der Waals surface area contributed by atoms with Gasteiger partial charge < -0.3 is 26.2 Å². The third kappa shape index (κ3) is 4.95. The number of carbonyl (C=O) groups excluding carboxylic acids is 2. The molecule has 0 heterocycles. The van der Waals surface area contributed by atoms with Gasteiger partial charge in [-0.05, 0) is 35.4 Å². The molecule has 1 aliphatic carbocycles. The van der Waals surface area contributed by atoms with E-state index in [0.29, 0.717) is 24.1 Å². The van der Waals surface area contributed by atoms with Gasteiger partial charge in [0.15, 0.2) is 0 Å². The molecule has 0 saturated heterocycles. The number of fused-ring (bicyclic) bond motifs is 1. The van der Waals surface area contributed by atoms with Gasteiger partial charge in [-0.25, -0.2) is 0 Å². The number of nitrogens with one attached hydrogen (secondary N) is 2. The van der Waals surface area contributed by atoms with E-state index in [1.165, 1.54) is 0 Å². The first-order valence-electron chi connectivity index (χ1n) is 10.4. The Balaban J connectivity index is 1.76. The van der Waals surface area contributed by atoms with Gasteiger partial charge in [-0.2, -0.15) is 0 Å². The van der Waals surface area contributed by atoms with Crippen LogP contribution in [0, 0.1) is 0 Å².